The number of nitrogens with one attached hydrogen (secondary N) is 1. The van der Waals surface area contributed by atoms with Gasteiger partial charge < -0.3 is 10.2 Å². The lowest BCUT2D eigenvalue weighted by atomic mass is 10.0. The van der Waals surface area contributed by atoms with Crippen molar-refractivity contribution in [3.8, 4) is 0 Å². The molecule has 19 heavy (non-hydrogen) atoms. The Hall–Kier alpha value is -0.860. The molecule has 0 spiro atoms. The van der Waals surface area contributed by atoms with Crippen LogP contribution in [0.25, 0.3) is 0 Å². The van der Waals surface area contributed by atoms with Crippen molar-refractivity contribution in [3.05, 3.63) is 35.4 Å². The van der Waals surface area contributed by atoms with Crippen molar-refractivity contribution in [1.29, 1.82) is 0 Å². The van der Waals surface area contributed by atoms with Gasteiger partial charge in [0.1, 0.15) is 0 Å². The van der Waals surface area contributed by atoms with Gasteiger partial charge in [-0.15, -0.1) is 0 Å². The predicted octanol–water partition coefficient (Wildman–Crippen LogP) is 2.87. The molecule has 1 heterocycles. The maximum absolute atomic E-state index is 3.66. The van der Waals surface area contributed by atoms with Crippen molar-refractivity contribution in [1.82, 2.24) is 10.2 Å². The fourth-order valence-electron chi connectivity index (χ4n) is 2.62. The molecule has 0 atom stereocenters. The highest BCUT2D eigenvalue weighted by Gasteiger charge is 2.16. The summed E-state index contributed by atoms with van der Waals surface area (Å²) >= 11 is 0. The summed E-state index contributed by atoms with van der Waals surface area (Å²) in [5.74, 6) is 0. The van der Waals surface area contributed by atoms with E-state index in [1.54, 1.807) is 11.1 Å². The van der Waals surface area contributed by atoms with Gasteiger partial charge in [-0.25, -0.2) is 0 Å². The molecule has 0 fully saturated rings. The Kier molecular flexibility index (Phi) is 5.00. The maximum Gasteiger partial charge on any atom is 0.0123 e. The van der Waals surface area contributed by atoms with E-state index >= 15 is 0 Å². The molecule has 0 radical (unpaired) electrons. The molecule has 1 aliphatic heterocycles. The van der Waals surface area contributed by atoms with Gasteiger partial charge in [-0.2, -0.15) is 0 Å². The largest absolute Gasteiger partial charge is 0.311 e. The second-order valence-corrected chi connectivity index (χ2v) is 6.27. The van der Waals surface area contributed by atoms with E-state index in [1.165, 1.54) is 32.4 Å². The predicted molar refractivity (Wildman–Crippen MR) is 82.7 cm³/mol. The SMILES string of the molecule is CCC(C)(C)NCCN1CCc2ccccc2CC1. The van der Waals surface area contributed by atoms with Crippen LogP contribution < -0.4 is 5.32 Å². The highest BCUT2D eigenvalue weighted by Crippen LogP contribution is 2.15. The first kappa shape index (κ1) is 14.5. The number of hydrogen-bond donors (Lipinski definition) is 1. The Morgan fingerprint density at radius 1 is 1.11 bits per heavy atom. The molecular weight excluding hydrogens is 232 g/mol. The van der Waals surface area contributed by atoms with Gasteiger partial charge in [-0.1, -0.05) is 31.2 Å². The van der Waals surface area contributed by atoms with Crippen LogP contribution in [0.15, 0.2) is 24.3 Å². The number of hydrogen-bond acceptors (Lipinski definition) is 2. The minimum Gasteiger partial charge on any atom is -0.311 e. The van der Waals surface area contributed by atoms with E-state index < -0.39 is 0 Å². The number of benzene rings is 1. The highest BCUT2D eigenvalue weighted by molar-refractivity contribution is 5.28. The van der Waals surface area contributed by atoms with Crippen LogP contribution in [0.4, 0.5) is 0 Å². The van der Waals surface area contributed by atoms with Gasteiger partial charge >= 0.3 is 0 Å². The van der Waals surface area contributed by atoms with Gasteiger partial charge in [0.05, 0.1) is 0 Å². The van der Waals surface area contributed by atoms with Gasteiger partial charge in [-0.3, -0.25) is 0 Å². The number of fused-ring (bicyclic) bond motifs is 1. The average molecular weight is 260 g/mol. The average Bonchev–Trinajstić information content (AvgIpc) is 2.62. The van der Waals surface area contributed by atoms with Crippen LogP contribution in [-0.2, 0) is 12.8 Å². The highest BCUT2D eigenvalue weighted by atomic mass is 15.1. The van der Waals surface area contributed by atoms with Crippen molar-refractivity contribution < 1.29 is 0 Å². The zero-order chi connectivity index (χ0) is 13.7. The third-order valence-electron chi connectivity index (χ3n) is 4.43. The van der Waals surface area contributed by atoms with Gasteiger partial charge in [0, 0.05) is 31.7 Å². The first-order chi connectivity index (χ1) is 9.11. The molecule has 2 heteroatoms. The Morgan fingerprint density at radius 2 is 1.68 bits per heavy atom. The molecule has 1 aliphatic rings. The standard InChI is InChI=1S/C17H28N2/c1-4-17(2,3)18-11-14-19-12-9-15-7-5-6-8-16(15)10-13-19/h5-8,18H,4,9-14H2,1-3H3. The van der Waals surface area contributed by atoms with Gasteiger partial charge in [0.25, 0.3) is 0 Å². The van der Waals surface area contributed by atoms with Gasteiger partial charge in [0.2, 0.25) is 0 Å². The Bertz CT molecular complexity index is 371. The lowest BCUT2D eigenvalue weighted by molar-refractivity contribution is 0.266. The van der Waals surface area contributed by atoms with Crippen molar-refractivity contribution in [2.75, 3.05) is 26.2 Å². The molecule has 0 aliphatic carbocycles. The molecule has 1 N–H and O–H groups in total. The van der Waals surface area contributed by atoms with E-state index in [9.17, 15) is 0 Å². The van der Waals surface area contributed by atoms with E-state index in [4.69, 9.17) is 0 Å². The molecule has 0 saturated carbocycles. The summed E-state index contributed by atoms with van der Waals surface area (Å²) in [7, 11) is 0. The smallest absolute Gasteiger partial charge is 0.0123 e. The summed E-state index contributed by atoms with van der Waals surface area (Å²) in [5.41, 5.74) is 3.37. The fourth-order valence-corrected chi connectivity index (χ4v) is 2.62. The molecule has 0 bridgehead atoms. The number of nitrogens with zero attached hydrogens (tertiary/aromatic N) is 1. The second-order valence-electron chi connectivity index (χ2n) is 6.27. The minimum absolute atomic E-state index is 0.273. The van der Waals surface area contributed by atoms with Crippen LogP contribution in [0, 0.1) is 0 Å². The molecule has 0 aromatic heterocycles. The fraction of sp³-hybridized carbons (Fsp3) is 0.647. The lowest BCUT2D eigenvalue weighted by Gasteiger charge is -2.27. The van der Waals surface area contributed by atoms with E-state index in [-0.39, 0.29) is 5.54 Å². The zero-order valence-corrected chi connectivity index (χ0v) is 12.7. The summed E-state index contributed by atoms with van der Waals surface area (Å²) in [5, 5.41) is 3.66. The molecule has 1 aromatic carbocycles. The van der Waals surface area contributed by atoms with Crippen LogP contribution >= 0.6 is 0 Å². The summed E-state index contributed by atoms with van der Waals surface area (Å²) in [6.07, 6.45) is 3.58. The van der Waals surface area contributed by atoms with E-state index in [0.717, 1.165) is 13.1 Å². The quantitative estimate of drug-likeness (QED) is 0.876. The molecule has 2 rings (SSSR count). The van der Waals surface area contributed by atoms with Gasteiger partial charge in [-0.05, 0) is 44.2 Å². The topological polar surface area (TPSA) is 15.3 Å². The first-order valence-electron chi connectivity index (χ1n) is 7.65. The third-order valence-corrected chi connectivity index (χ3v) is 4.43. The summed E-state index contributed by atoms with van der Waals surface area (Å²) < 4.78 is 0. The van der Waals surface area contributed by atoms with E-state index in [2.05, 4.69) is 55.3 Å². The lowest BCUT2D eigenvalue weighted by Crippen LogP contribution is -2.43. The number of rotatable bonds is 5. The van der Waals surface area contributed by atoms with Crippen LogP contribution in [0.5, 0.6) is 0 Å². The van der Waals surface area contributed by atoms with Crippen molar-refractivity contribution >= 4 is 0 Å². The van der Waals surface area contributed by atoms with Crippen LogP contribution in [0.1, 0.15) is 38.3 Å². The monoisotopic (exact) mass is 260 g/mol. The summed E-state index contributed by atoms with van der Waals surface area (Å²) in [6, 6.07) is 8.91. The molecule has 1 aromatic rings. The summed E-state index contributed by atoms with van der Waals surface area (Å²) in [4.78, 5) is 2.60. The Balaban J connectivity index is 1.79. The second kappa shape index (κ2) is 6.53. The van der Waals surface area contributed by atoms with Crippen molar-refractivity contribution in [3.63, 3.8) is 0 Å². The van der Waals surface area contributed by atoms with E-state index in [0.29, 0.717) is 0 Å². The first-order valence-corrected chi connectivity index (χ1v) is 7.65. The molecule has 106 valence electrons. The van der Waals surface area contributed by atoms with Gasteiger partial charge in [0.15, 0.2) is 0 Å². The molecule has 0 amide bonds. The van der Waals surface area contributed by atoms with Crippen LogP contribution in [0.3, 0.4) is 0 Å². The normalized spacial score (nSPS) is 17.0. The summed E-state index contributed by atoms with van der Waals surface area (Å²) in [6.45, 7) is 11.5. The van der Waals surface area contributed by atoms with Crippen LogP contribution in [0.2, 0.25) is 0 Å². The molecule has 2 nitrogen and oxygen atoms in total. The minimum atomic E-state index is 0.273. The third kappa shape index (κ3) is 4.32. The molecular formula is C17H28N2. The van der Waals surface area contributed by atoms with E-state index in [1.807, 2.05) is 0 Å². The maximum atomic E-state index is 3.66. The Morgan fingerprint density at radius 3 is 2.21 bits per heavy atom. The molecule has 0 saturated heterocycles. The zero-order valence-electron chi connectivity index (χ0n) is 12.7. The van der Waals surface area contributed by atoms with Crippen LogP contribution in [-0.4, -0.2) is 36.6 Å². The molecule has 0 unspecified atom stereocenters. The van der Waals surface area contributed by atoms with Crippen molar-refractivity contribution in [2.45, 2.75) is 45.6 Å². The van der Waals surface area contributed by atoms with Crippen molar-refractivity contribution in [2.24, 2.45) is 0 Å². The Labute approximate surface area is 118 Å².